The first-order chi connectivity index (χ1) is 13.9. The predicted molar refractivity (Wildman–Crippen MR) is 136 cm³/mol. The first-order valence-corrected chi connectivity index (χ1v) is 12.1. The zero-order valence-electron chi connectivity index (χ0n) is 20.4. The Hall–Kier alpha value is -1.66. The minimum absolute atomic E-state index is 0.0429. The highest BCUT2D eigenvalue weighted by molar-refractivity contribution is 7.49. The summed E-state index contributed by atoms with van der Waals surface area (Å²) in [5.74, 6) is 0.463. The molecule has 164 valence electrons. The predicted octanol–water partition coefficient (Wildman–Crippen LogP) is 7.15. The van der Waals surface area contributed by atoms with Crippen LogP contribution in [0.2, 0.25) is 0 Å². The Morgan fingerprint density at radius 2 is 1.73 bits per heavy atom. The number of hydrogen-bond donors (Lipinski definition) is 1. The fourth-order valence-electron chi connectivity index (χ4n) is 3.96. The van der Waals surface area contributed by atoms with Crippen molar-refractivity contribution in [3.63, 3.8) is 0 Å². The lowest BCUT2D eigenvalue weighted by Gasteiger charge is -2.34. The summed E-state index contributed by atoms with van der Waals surface area (Å²) < 4.78 is 0. The van der Waals surface area contributed by atoms with Crippen molar-refractivity contribution in [3.8, 4) is 5.75 Å². The van der Waals surface area contributed by atoms with Crippen LogP contribution >= 0.6 is 8.58 Å². The van der Waals surface area contributed by atoms with Crippen LogP contribution in [0, 0.1) is 13.8 Å². The average molecular weight is 426 g/mol. The Labute approximate surface area is 186 Å². The quantitative estimate of drug-likeness (QED) is 0.371. The van der Waals surface area contributed by atoms with Gasteiger partial charge in [0.25, 0.3) is 0 Å². The average Bonchev–Trinajstić information content (AvgIpc) is 2.68. The molecule has 2 rings (SSSR count). The number of benzene rings is 2. The Bertz CT molecular complexity index is 923. The summed E-state index contributed by atoms with van der Waals surface area (Å²) in [6, 6.07) is 10.9. The number of phenolic OH excluding ortho intramolecular Hbond substituents is 1. The van der Waals surface area contributed by atoms with Crippen LogP contribution in [0.25, 0.3) is 0 Å². The minimum atomic E-state index is -0.124. The number of aryl methyl sites for hydroxylation is 2. The Morgan fingerprint density at radius 3 is 2.30 bits per heavy atom. The number of aliphatic imine (C=N–C) groups is 1. The number of phenols is 1. The lowest BCUT2D eigenvalue weighted by atomic mass is 9.82. The first-order valence-electron chi connectivity index (χ1n) is 11.1. The molecule has 2 aromatic carbocycles. The van der Waals surface area contributed by atoms with Gasteiger partial charge in [-0.15, -0.1) is 0 Å². The van der Waals surface area contributed by atoms with E-state index in [2.05, 4.69) is 83.8 Å². The summed E-state index contributed by atoms with van der Waals surface area (Å²) in [5.41, 5.74) is 7.02. The molecule has 0 saturated heterocycles. The van der Waals surface area contributed by atoms with Crippen molar-refractivity contribution >= 4 is 19.6 Å². The van der Waals surface area contributed by atoms with Crippen molar-refractivity contribution < 1.29 is 5.11 Å². The van der Waals surface area contributed by atoms with Crippen molar-refractivity contribution in [3.05, 3.63) is 58.1 Å². The van der Waals surface area contributed by atoms with Gasteiger partial charge in [-0.05, 0) is 54.6 Å². The van der Waals surface area contributed by atoms with Gasteiger partial charge in [-0.25, -0.2) is 0 Å². The molecule has 2 nitrogen and oxygen atoms in total. The van der Waals surface area contributed by atoms with E-state index in [-0.39, 0.29) is 10.6 Å². The molecule has 2 atom stereocenters. The summed E-state index contributed by atoms with van der Waals surface area (Å²) >= 11 is 0. The van der Waals surface area contributed by atoms with Gasteiger partial charge >= 0.3 is 0 Å². The zero-order chi connectivity index (χ0) is 22.7. The van der Waals surface area contributed by atoms with Gasteiger partial charge in [0.05, 0.1) is 0 Å². The van der Waals surface area contributed by atoms with Crippen LogP contribution in [-0.4, -0.2) is 17.9 Å². The highest BCUT2D eigenvalue weighted by atomic mass is 31.1. The van der Waals surface area contributed by atoms with E-state index in [1.54, 1.807) is 0 Å². The number of nitrogens with zero attached hydrogens (tertiary/aromatic N) is 1. The fourth-order valence-corrected chi connectivity index (χ4v) is 5.82. The number of aromatic hydroxyl groups is 1. The molecule has 0 aliphatic carbocycles. The maximum Gasteiger partial charge on any atom is 0.122 e. The smallest absolute Gasteiger partial charge is 0.122 e. The van der Waals surface area contributed by atoms with Gasteiger partial charge in [-0.1, -0.05) is 86.4 Å². The van der Waals surface area contributed by atoms with Gasteiger partial charge in [0.15, 0.2) is 0 Å². The second kappa shape index (κ2) is 9.65. The van der Waals surface area contributed by atoms with Crippen molar-refractivity contribution in [2.45, 2.75) is 85.2 Å². The highest BCUT2D eigenvalue weighted by Gasteiger charge is 2.33. The maximum atomic E-state index is 11.2. The number of hydrogen-bond acceptors (Lipinski definition) is 2. The lowest BCUT2D eigenvalue weighted by Crippen LogP contribution is -2.25. The van der Waals surface area contributed by atoms with Gasteiger partial charge in [-0.2, -0.15) is 0 Å². The summed E-state index contributed by atoms with van der Waals surface area (Å²) in [5, 5.41) is 12.4. The molecule has 0 aliphatic heterocycles. The molecular weight excluding hydrogens is 385 g/mol. The molecule has 0 saturated carbocycles. The van der Waals surface area contributed by atoms with E-state index in [4.69, 9.17) is 0 Å². The van der Waals surface area contributed by atoms with Gasteiger partial charge < -0.3 is 5.11 Å². The van der Waals surface area contributed by atoms with Crippen molar-refractivity contribution in [2.75, 3.05) is 7.05 Å². The minimum Gasteiger partial charge on any atom is -0.507 e. The zero-order valence-corrected chi connectivity index (χ0v) is 21.4. The lowest BCUT2D eigenvalue weighted by molar-refractivity contribution is 0.445. The van der Waals surface area contributed by atoms with E-state index in [0.29, 0.717) is 14.3 Å². The van der Waals surface area contributed by atoms with Crippen molar-refractivity contribution in [1.82, 2.24) is 0 Å². The second-order valence-electron chi connectivity index (χ2n) is 9.81. The molecule has 1 N–H and O–H groups in total. The molecule has 0 aromatic heterocycles. The van der Waals surface area contributed by atoms with Crippen molar-refractivity contribution in [2.24, 2.45) is 4.99 Å². The molecule has 3 heteroatoms. The normalized spacial score (nSPS) is 15.0. The molecular formula is C27H40NOP. The Morgan fingerprint density at radius 1 is 1.07 bits per heavy atom. The highest BCUT2D eigenvalue weighted by Crippen LogP contribution is 2.50. The van der Waals surface area contributed by atoms with Crippen LogP contribution in [0.15, 0.2) is 35.3 Å². The number of unbranched alkanes of at least 4 members (excludes halogenated alkanes) is 1. The van der Waals surface area contributed by atoms with Crippen LogP contribution in [0.4, 0.5) is 0 Å². The monoisotopic (exact) mass is 425 g/mol. The van der Waals surface area contributed by atoms with Crippen LogP contribution in [-0.2, 0) is 10.6 Å². The molecule has 2 unspecified atom stereocenters. The summed E-state index contributed by atoms with van der Waals surface area (Å²) in [7, 11) is 2.42. The van der Waals surface area contributed by atoms with E-state index in [0.717, 1.165) is 36.1 Å². The van der Waals surface area contributed by atoms with Crippen LogP contribution in [0.3, 0.4) is 0 Å². The SMILES string of the molecule is CCCCC(C)(Pc1c(C)cccc1/C(C)=N/C)c1cc(C(C)(C)C)cc(C)c1O. The largest absolute Gasteiger partial charge is 0.507 e. The second-order valence-corrected chi connectivity index (χ2v) is 11.7. The summed E-state index contributed by atoms with van der Waals surface area (Å²) in [6.07, 6.45) is 3.34. The van der Waals surface area contributed by atoms with E-state index in [1.165, 1.54) is 22.0 Å². The standard InChI is InChI=1S/C27H40NOP/c1-10-11-15-27(8,23-17-21(26(5,6)7)16-19(3)24(23)29)30-25-18(2)13-12-14-22(25)20(4)28-9/h12-14,16-17,29-30H,10-11,15H2,1-9H3/b28-20+. The first kappa shape index (κ1) is 24.6. The molecule has 0 aliphatic rings. The molecule has 0 amide bonds. The molecule has 0 fully saturated rings. The van der Waals surface area contributed by atoms with Gasteiger partial charge in [-0.3, -0.25) is 4.99 Å². The third-order valence-corrected chi connectivity index (χ3v) is 8.17. The van der Waals surface area contributed by atoms with Crippen molar-refractivity contribution in [1.29, 1.82) is 0 Å². The van der Waals surface area contributed by atoms with Gasteiger partial charge in [0.2, 0.25) is 0 Å². The topological polar surface area (TPSA) is 32.6 Å². The van der Waals surface area contributed by atoms with E-state index >= 15 is 0 Å². The fraction of sp³-hybridized carbons (Fsp3) is 0.519. The summed E-state index contributed by atoms with van der Waals surface area (Å²) in [4.78, 5) is 4.48. The third kappa shape index (κ3) is 5.33. The Kier molecular flexibility index (Phi) is 7.91. The molecule has 0 bridgehead atoms. The third-order valence-electron chi connectivity index (χ3n) is 6.19. The molecule has 0 heterocycles. The van der Waals surface area contributed by atoms with E-state index < -0.39 is 0 Å². The van der Waals surface area contributed by atoms with Crippen LogP contribution < -0.4 is 5.30 Å². The summed E-state index contributed by atoms with van der Waals surface area (Å²) in [6.45, 7) is 17.6. The molecule has 30 heavy (non-hydrogen) atoms. The maximum absolute atomic E-state index is 11.2. The Balaban J connectivity index is 2.71. The van der Waals surface area contributed by atoms with E-state index in [9.17, 15) is 5.11 Å². The molecule has 0 spiro atoms. The van der Waals surface area contributed by atoms with E-state index in [1.807, 2.05) is 14.0 Å². The number of rotatable bonds is 7. The van der Waals surface area contributed by atoms with Crippen LogP contribution in [0.1, 0.15) is 88.6 Å². The van der Waals surface area contributed by atoms with Gasteiger partial charge in [0.1, 0.15) is 5.75 Å². The van der Waals surface area contributed by atoms with Crippen LogP contribution in [0.5, 0.6) is 5.75 Å². The molecule has 2 aromatic rings. The van der Waals surface area contributed by atoms with Gasteiger partial charge in [0, 0.05) is 29.0 Å². The molecule has 0 radical (unpaired) electrons.